The van der Waals surface area contributed by atoms with E-state index >= 15 is 0 Å². The fraction of sp³-hybridized carbons (Fsp3) is 0.548. The van der Waals surface area contributed by atoms with Crippen molar-refractivity contribution in [2.45, 2.75) is 88.1 Å². The number of alkyl halides is 3. The monoisotopic (exact) mass is 601 g/mol. The average Bonchev–Trinajstić information content (AvgIpc) is 3.50. The number of pyridine rings is 1. The van der Waals surface area contributed by atoms with Crippen molar-refractivity contribution in [3.63, 3.8) is 0 Å². The molecule has 0 radical (unpaired) electrons. The zero-order chi connectivity index (χ0) is 29.5. The smallest absolute Gasteiger partial charge is 0.358 e. The number of aromatic nitrogens is 1. The highest BCUT2D eigenvalue weighted by Gasteiger charge is 2.62. The second-order valence-electron chi connectivity index (χ2n) is 12.6. The van der Waals surface area contributed by atoms with Crippen LogP contribution in [0, 0.1) is 11.3 Å². The van der Waals surface area contributed by atoms with Crippen LogP contribution < -0.4 is 20.1 Å². The lowest BCUT2D eigenvalue weighted by atomic mass is 9.92. The van der Waals surface area contributed by atoms with Crippen molar-refractivity contribution in [2.75, 3.05) is 23.1 Å². The lowest BCUT2D eigenvalue weighted by molar-refractivity contribution is -0.192. The van der Waals surface area contributed by atoms with E-state index in [9.17, 15) is 18.0 Å². The van der Waals surface area contributed by atoms with Crippen molar-refractivity contribution in [1.82, 2.24) is 15.1 Å². The zero-order valence-corrected chi connectivity index (χ0v) is 24.9. The Morgan fingerprint density at radius 2 is 2.00 bits per heavy atom. The standard InChI is InChI=1S/C31H38F3N5O2S/c1-29(2)19-22-7-4-3-6-21-8-5-9-23(18-21)42-37-28(40)24-10-11-25(35-27(24)38(29)20-22)39-16-12-26(36-39)41-17-15-30(13-14-30)31(32,33)34/h5,8-12,16,18,22,26,36H,3-4,6-7,13-15,17,19-20H2,1-2H3,(H,37,40). The molecule has 6 rings (SSSR count). The summed E-state index contributed by atoms with van der Waals surface area (Å²) in [6.45, 7) is 5.24. The highest BCUT2D eigenvalue weighted by molar-refractivity contribution is 7.98. The van der Waals surface area contributed by atoms with Crippen LogP contribution in [-0.4, -0.2) is 42.0 Å². The Bertz CT molecular complexity index is 1350. The average molecular weight is 602 g/mol. The maximum Gasteiger partial charge on any atom is 0.394 e. The van der Waals surface area contributed by atoms with Crippen LogP contribution in [-0.2, 0) is 11.2 Å². The third-order valence-corrected chi connectivity index (χ3v) is 9.84. The number of nitrogens with one attached hydrogen (secondary N) is 2. The Balaban J connectivity index is 1.20. The number of hydrogen-bond acceptors (Lipinski definition) is 7. The maximum atomic E-state index is 13.5. The third-order valence-electron chi connectivity index (χ3n) is 9.06. The summed E-state index contributed by atoms with van der Waals surface area (Å²) in [6.07, 6.45) is 4.54. The SMILES string of the molecule is CC1(C)CC2CCCCc3cccc(c3)SNC(=O)c3ccc(N4C=CC(OCCC5(C(F)(F)F)CC5)N4)nc3N1C2. The number of halogens is 3. The minimum absolute atomic E-state index is 0.0110. The Morgan fingerprint density at radius 3 is 2.79 bits per heavy atom. The fourth-order valence-electron chi connectivity index (χ4n) is 6.43. The maximum absolute atomic E-state index is 13.5. The van der Waals surface area contributed by atoms with E-state index in [-0.39, 0.29) is 37.3 Å². The van der Waals surface area contributed by atoms with Crippen LogP contribution in [0.15, 0.2) is 53.6 Å². The number of anilines is 2. The molecule has 1 saturated carbocycles. The lowest BCUT2D eigenvalue weighted by Gasteiger charge is -2.34. The van der Waals surface area contributed by atoms with E-state index in [0.717, 1.165) is 43.5 Å². The molecule has 1 saturated heterocycles. The summed E-state index contributed by atoms with van der Waals surface area (Å²) in [5.41, 5.74) is 3.18. The van der Waals surface area contributed by atoms with Crippen molar-refractivity contribution in [2.24, 2.45) is 11.3 Å². The summed E-state index contributed by atoms with van der Waals surface area (Å²) in [4.78, 5) is 21.8. The van der Waals surface area contributed by atoms with E-state index in [4.69, 9.17) is 9.72 Å². The quantitative estimate of drug-likeness (QED) is 0.367. The minimum atomic E-state index is -4.18. The number of rotatable bonds is 5. The number of fused-ring (bicyclic) bond motifs is 6. The molecule has 1 amide bonds. The number of nitrogens with zero attached hydrogens (tertiary/aromatic N) is 3. The largest absolute Gasteiger partial charge is 0.394 e. The van der Waals surface area contributed by atoms with Gasteiger partial charge >= 0.3 is 6.18 Å². The molecule has 0 spiro atoms. The summed E-state index contributed by atoms with van der Waals surface area (Å²) in [7, 11) is 0. The van der Waals surface area contributed by atoms with Crippen LogP contribution in [0.4, 0.5) is 24.8 Å². The topological polar surface area (TPSA) is 69.7 Å². The van der Waals surface area contributed by atoms with Gasteiger partial charge in [-0.1, -0.05) is 18.6 Å². The molecule has 2 fully saturated rings. The van der Waals surface area contributed by atoms with Gasteiger partial charge in [0.1, 0.15) is 17.9 Å². The van der Waals surface area contributed by atoms with E-state index in [1.807, 2.05) is 12.1 Å². The summed E-state index contributed by atoms with van der Waals surface area (Å²) < 4.78 is 48.6. The van der Waals surface area contributed by atoms with Crippen LogP contribution in [0.2, 0.25) is 0 Å². The van der Waals surface area contributed by atoms with Gasteiger partial charge in [0.15, 0.2) is 0 Å². The first-order valence-electron chi connectivity index (χ1n) is 14.8. The van der Waals surface area contributed by atoms with Crippen molar-refractivity contribution < 1.29 is 22.7 Å². The molecular weight excluding hydrogens is 563 g/mol. The van der Waals surface area contributed by atoms with Crippen LogP contribution in [0.25, 0.3) is 0 Å². The summed E-state index contributed by atoms with van der Waals surface area (Å²) in [6, 6.07) is 11.9. The van der Waals surface area contributed by atoms with Crippen molar-refractivity contribution in [3.05, 3.63) is 59.8 Å². The van der Waals surface area contributed by atoms with Gasteiger partial charge in [-0.3, -0.25) is 14.5 Å². The lowest BCUT2D eigenvalue weighted by Crippen LogP contribution is -2.41. The number of aryl methyl sites for hydroxylation is 1. The van der Waals surface area contributed by atoms with Gasteiger partial charge in [0, 0.05) is 29.8 Å². The molecule has 2 unspecified atom stereocenters. The third kappa shape index (κ3) is 6.14. The molecule has 1 aromatic heterocycles. The van der Waals surface area contributed by atoms with Gasteiger partial charge in [0.05, 0.1) is 11.0 Å². The zero-order valence-electron chi connectivity index (χ0n) is 24.0. The van der Waals surface area contributed by atoms with E-state index in [1.165, 1.54) is 17.5 Å². The molecule has 2 atom stereocenters. The Morgan fingerprint density at radius 1 is 1.17 bits per heavy atom. The molecule has 4 heterocycles. The number of amides is 1. The van der Waals surface area contributed by atoms with E-state index in [0.29, 0.717) is 23.1 Å². The van der Waals surface area contributed by atoms with Crippen LogP contribution in [0.3, 0.4) is 0 Å². The predicted molar refractivity (Wildman–Crippen MR) is 158 cm³/mol. The van der Waals surface area contributed by atoms with Crippen LogP contribution >= 0.6 is 11.9 Å². The molecule has 4 aliphatic rings. The number of hydrazine groups is 1. The highest BCUT2D eigenvalue weighted by Crippen LogP contribution is 2.59. The molecule has 2 aromatic rings. The Labute approximate surface area is 249 Å². The fourth-order valence-corrected chi connectivity index (χ4v) is 7.10. The van der Waals surface area contributed by atoms with Crippen molar-refractivity contribution >= 4 is 29.5 Å². The number of benzene rings is 1. The first kappa shape index (κ1) is 29.3. The molecule has 226 valence electrons. The van der Waals surface area contributed by atoms with Crippen LogP contribution in [0.5, 0.6) is 0 Å². The molecule has 42 heavy (non-hydrogen) atoms. The van der Waals surface area contributed by atoms with Gasteiger partial charge in [0.2, 0.25) is 0 Å². The molecular formula is C31H38F3N5O2S. The van der Waals surface area contributed by atoms with Gasteiger partial charge in [-0.05, 0) is 113 Å². The molecule has 7 nitrogen and oxygen atoms in total. The molecule has 1 aliphatic carbocycles. The van der Waals surface area contributed by atoms with Gasteiger partial charge < -0.3 is 9.64 Å². The Kier molecular flexibility index (Phi) is 7.95. The molecule has 4 bridgehead atoms. The molecule has 2 N–H and O–H groups in total. The van der Waals surface area contributed by atoms with Gasteiger partial charge in [0.25, 0.3) is 5.91 Å². The summed E-state index contributed by atoms with van der Waals surface area (Å²) >= 11 is 1.31. The van der Waals surface area contributed by atoms with Gasteiger partial charge in [-0.15, -0.1) is 0 Å². The van der Waals surface area contributed by atoms with Gasteiger partial charge in [-0.2, -0.15) is 18.6 Å². The Hall–Kier alpha value is -2.76. The second-order valence-corrected chi connectivity index (χ2v) is 13.5. The van der Waals surface area contributed by atoms with E-state index in [2.05, 4.69) is 41.0 Å². The first-order chi connectivity index (χ1) is 20.0. The normalized spacial score (nSPS) is 25.0. The molecule has 11 heteroatoms. The van der Waals surface area contributed by atoms with Crippen molar-refractivity contribution in [1.29, 1.82) is 0 Å². The predicted octanol–water partition coefficient (Wildman–Crippen LogP) is 6.76. The van der Waals surface area contributed by atoms with E-state index < -0.39 is 17.8 Å². The van der Waals surface area contributed by atoms with Gasteiger partial charge in [-0.25, -0.2) is 4.98 Å². The minimum Gasteiger partial charge on any atom is -0.358 e. The number of carbonyl (C=O) groups excluding carboxylic acids is 1. The molecule has 1 aromatic carbocycles. The molecule has 3 aliphatic heterocycles. The number of carbonyl (C=O) groups is 1. The van der Waals surface area contributed by atoms with Crippen LogP contribution in [0.1, 0.15) is 74.7 Å². The number of ether oxygens (including phenoxy) is 1. The highest BCUT2D eigenvalue weighted by atomic mass is 32.2. The summed E-state index contributed by atoms with van der Waals surface area (Å²) in [5.74, 6) is 1.50. The number of hydrogen-bond donors (Lipinski definition) is 2. The second kappa shape index (κ2) is 11.4. The first-order valence-corrected chi connectivity index (χ1v) is 15.6. The summed E-state index contributed by atoms with van der Waals surface area (Å²) in [5, 5.41) is 1.70. The van der Waals surface area contributed by atoms with E-state index in [1.54, 1.807) is 29.4 Å². The van der Waals surface area contributed by atoms with Crippen molar-refractivity contribution in [3.8, 4) is 0 Å².